The van der Waals surface area contributed by atoms with Gasteiger partial charge in [-0.3, -0.25) is 10.1 Å². The summed E-state index contributed by atoms with van der Waals surface area (Å²) in [6, 6.07) is 19.6. The van der Waals surface area contributed by atoms with Gasteiger partial charge in [-0.25, -0.2) is 4.98 Å². The van der Waals surface area contributed by atoms with Crippen molar-refractivity contribution in [1.82, 2.24) is 4.98 Å². The second-order valence-electron chi connectivity index (χ2n) is 6.03. The fraction of sp³-hybridized carbons (Fsp3) is 0.143. The number of amides is 1. The van der Waals surface area contributed by atoms with E-state index in [0.29, 0.717) is 10.7 Å². The number of nitrogens with one attached hydrogen (secondary N) is 1. The summed E-state index contributed by atoms with van der Waals surface area (Å²) in [4.78, 5) is 18.8. The maximum absolute atomic E-state index is 12.9. The largest absolute Gasteiger partial charge is 0.298 e. The van der Waals surface area contributed by atoms with Crippen LogP contribution in [0, 0.1) is 0 Å². The average molecular weight is 346 g/mol. The van der Waals surface area contributed by atoms with Crippen LogP contribution in [0.15, 0.2) is 60.7 Å². The Hall–Kier alpha value is -2.72. The highest BCUT2D eigenvalue weighted by Gasteiger charge is 2.19. The van der Waals surface area contributed by atoms with Crippen LogP contribution in [0.25, 0.3) is 11.6 Å². The van der Waals surface area contributed by atoms with Crippen LogP contribution in [0.3, 0.4) is 0 Å². The monoisotopic (exact) mass is 346 g/mol. The van der Waals surface area contributed by atoms with E-state index in [9.17, 15) is 4.79 Å². The molecule has 1 aliphatic rings. The second-order valence-corrected chi connectivity index (χ2v) is 7.11. The summed E-state index contributed by atoms with van der Waals surface area (Å²) in [5.74, 6) is -0.123. The van der Waals surface area contributed by atoms with Gasteiger partial charge in [-0.1, -0.05) is 60.7 Å². The Bertz CT molecular complexity index is 892. The fourth-order valence-corrected chi connectivity index (χ4v) is 4.07. The molecule has 1 amide bonds. The first-order valence-electron chi connectivity index (χ1n) is 8.42. The number of benzene rings is 2. The minimum absolute atomic E-state index is 0.123. The molecule has 2 aromatic carbocycles. The molecule has 1 heterocycles. The summed E-state index contributed by atoms with van der Waals surface area (Å²) in [6.45, 7) is 0. The van der Waals surface area contributed by atoms with Crippen molar-refractivity contribution in [2.75, 3.05) is 5.32 Å². The predicted molar refractivity (Wildman–Crippen MR) is 104 cm³/mol. The Balaban J connectivity index is 1.65. The zero-order valence-corrected chi connectivity index (χ0v) is 14.6. The number of hydrogen-bond acceptors (Lipinski definition) is 3. The van der Waals surface area contributed by atoms with Crippen molar-refractivity contribution in [2.24, 2.45) is 0 Å². The van der Waals surface area contributed by atoms with Crippen molar-refractivity contribution >= 4 is 34.0 Å². The zero-order valence-electron chi connectivity index (χ0n) is 13.7. The van der Waals surface area contributed by atoms with Gasteiger partial charge in [-0.2, -0.15) is 0 Å². The third-order valence-electron chi connectivity index (χ3n) is 4.26. The van der Waals surface area contributed by atoms with E-state index in [0.717, 1.165) is 29.7 Å². The summed E-state index contributed by atoms with van der Waals surface area (Å²) in [5, 5.41) is 3.69. The number of hydrogen-bond donors (Lipinski definition) is 1. The molecular weight excluding hydrogens is 328 g/mol. The Kier molecular flexibility index (Phi) is 4.44. The van der Waals surface area contributed by atoms with Crippen LogP contribution in [0.5, 0.6) is 0 Å². The molecule has 0 unspecified atom stereocenters. The Morgan fingerprint density at radius 2 is 1.72 bits per heavy atom. The van der Waals surface area contributed by atoms with Crippen molar-refractivity contribution in [2.45, 2.75) is 19.3 Å². The average Bonchev–Trinajstić information content (AvgIpc) is 3.23. The lowest BCUT2D eigenvalue weighted by molar-refractivity contribution is -0.111. The number of rotatable bonds is 4. The van der Waals surface area contributed by atoms with E-state index in [2.05, 4.69) is 10.3 Å². The summed E-state index contributed by atoms with van der Waals surface area (Å²) in [7, 11) is 0. The molecule has 4 rings (SSSR count). The van der Waals surface area contributed by atoms with Gasteiger partial charge >= 0.3 is 0 Å². The lowest BCUT2D eigenvalue weighted by Gasteiger charge is -2.08. The van der Waals surface area contributed by atoms with Crippen LogP contribution >= 0.6 is 11.3 Å². The van der Waals surface area contributed by atoms with E-state index in [1.165, 1.54) is 11.3 Å². The van der Waals surface area contributed by atoms with Gasteiger partial charge < -0.3 is 0 Å². The van der Waals surface area contributed by atoms with Crippen LogP contribution in [-0.4, -0.2) is 10.9 Å². The number of thiazole rings is 1. The van der Waals surface area contributed by atoms with E-state index in [4.69, 9.17) is 0 Å². The molecule has 1 N–H and O–H groups in total. The number of aromatic nitrogens is 1. The third-order valence-corrected chi connectivity index (χ3v) is 5.33. The molecule has 124 valence electrons. The lowest BCUT2D eigenvalue weighted by Crippen LogP contribution is -2.13. The first-order valence-corrected chi connectivity index (χ1v) is 9.23. The maximum atomic E-state index is 12.9. The first-order chi connectivity index (χ1) is 12.3. The molecule has 1 aromatic heterocycles. The predicted octanol–water partition coefficient (Wildman–Crippen LogP) is 4.81. The Morgan fingerprint density at radius 1 is 1.00 bits per heavy atom. The molecule has 0 fully saturated rings. The smallest absolute Gasteiger partial charge is 0.258 e. The van der Waals surface area contributed by atoms with Gasteiger partial charge in [0, 0.05) is 10.5 Å². The second kappa shape index (κ2) is 7.03. The molecule has 0 spiro atoms. The van der Waals surface area contributed by atoms with Gasteiger partial charge in [0.25, 0.3) is 5.91 Å². The third kappa shape index (κ3) is 3.54. The molecule has 0 saturated carbocycles. The van der Waals surface area contributed by atoms with Gasteiger partial charge in [0.15, 0.2) is 5.13 Å². The quantitative estimate of drug-likeness (QED) is 0.544. The molecule has 25 heavy (non-hydrogen) atoms. The normalized spacial score (nSPS) is 13.5. The first kappa shape index (κ1) is 15.8. The van der Waals surface area contributed by atoms with Crippen molar-refractivity contribution in [3.8, 4) is 0 Å². The van der Waals surface area contributed by atoms with Gasteiger partial charge in [0.1, 0.15) is 0 Å². The van der Waals surface area contributed by atoms with Gasteiger partial charge in [0.2, 0.25) is 0 Å². The van der Waals surface area contributed by atoms with Gasteiger partial charge in [0.05, 0.1) is 5.69 Å². The van der Waals surface area contributed by atoms with Crippen molar-refractivity contribution in [1.29, 1.82) is 0 Å². The summed E-state index contributed by atoms with van der Waals surface area (Å²) >= 11 is 1.60. The molecule has 0 saturated heterocycles. The molecule has 0 bridgehead atoms. The molecular formula is C21H18N2OS. The zero-order chi connectivity index (χ0) is 17.1. The molecule has 0 atom stereocenters. The lowest BCUT2D eigenvalue weighted by atomic mass is 10.0. The van der Waals surface area contributed by atoms with Crippen LogP contribution in [0.4, 0.5) is 5.13 Å². The topological polar surface area (TPSA) is 42.0 Å². The minimum Gasteiger partial charge on any atom is -0.298 e. The number of carbonyl (C=O) groups excluding carboxylic acids is 1. The van der Waals surface area contributed by atoms with E-state index in [1.54, 1.807) is 11.3 Å². The number of anilines is 1. The molecule has 0 radical (unpaired) electrons. The van der Waals surface area contributed by atoms with Crippen LogP contribution in [0.2, 0.25) is 0 Å². The number of carbonyl (C=O) groups is 1. The highest BCUT2D eigenvalue weighted by molar-refractivity contribution is 7.16. The van der Waals surface area contributed by atoms with Crippen LogP contribution in [-0.2, 0) is 17.6 Å². The molecule has 3 nitrogen and oxygen atoms in total. The number of aryl methyl sites for hydroxylation is 2. The van der Waals surface area contributed by atoms with Crippen LogP contribution < -0.4 is 5.32 Å². The highest BCUT2D eigenvalue weighted by atomic mass is 32.1. The molecule has 3 aromatic rings. The van der Waals surface area contributed by atoms with Crippen molar-refractivity contribution < 1.29 is 4.79 Å². The minimum atomic E-state index is -0.123. The molecule has 4 heteroatoms. The van der Waals surface area contributed by atoms with Crippen LogP contribution in [0.1, 0.15) is 28.1 Å². The Morgan fingerprint density at radius 3 is 2.44 bits per heavy atom. The van der Waals surface area contributed by atoms with E-state index < -0.39 is 0 Å². The molecule has 0 aliphatic heterocycles. The number of fused-ring (bicyclic) bond motifs is 1. The van der Waals surface area contributed by atoms with Gasteiger partial charge in [-0.05, 0) is 36.5 Å². The molecule has 1 aliphatic carbocycles. The van der Waals surface area contributed by atoms with E-state index >= 15 is 0 Å². The highest BCUT2D eigenvalue weighted by Crippen LogP contribution is 2.31. The summed E-state index contributed by atoms with van der Waals surface area (Å²) in [6.07, 6.45) is 5.19. The van der Waals surface area contributed by atoms with Gasteiger partial charge in [-0.15, -0.1) is 11.3 Å². The standard InChI is InChI=1S/C21H18N2OS/c24-20(23-21-22-18-12-7-13-19(18)25-21)17(16-10-5-2-6-11-16)14-15-8-3-1-4-9-15/h1-6,8-11,14H,7,12-13H2,(H,22,23,24). The summed E-state index contributed by atoms with van der Waals surface area (Å²) < 4.78 is 0. The maximum Gasteiger partial charge on any atom is 0.258 e. The Labute approximate surface area is 151 Å². The van der Waals surface area contributed by atoms with Crippen molar-refractivity contribution in [3.63, 3.8) is 0 Å². The number of nitrogens with zero attached hydrogens (tertiary/aromatic N) is 1. The summed E-state index contributed by atoms with van der Waals surface area (Å²) in [5.41, 5.74) is 3.68. The van der Waals surface area contributed by atoms with Crippen molar-refractivity contribution in [3.05, 3.63) is 82.4 Å². The fourth-order valence-electron chi connectivity index (χ4n) is 3.02. The van der Waals surface area contributed by atoms with E-state index in [1.807, 2.05) is 66.7 Å². The SMILES string of the molecule is O=C(Nc1nc2c(s1)CCC2)C(=Cc1ccccc1)c1ccccc1. The van der Waals surface area contributed by atoms with E-state index in [-0.39, 0.29) is 5.91 Å².